The number of aliphatic hydroxyl groups excluding tert-OH is 1. The minimum absolute atomic E-state index is 0.0213. The second-order valence-electron chi connectivity index (χ2n) is 5.49. The van der Waals surface area contributed by atoms with Crippen LogP contribution < -0.4 is 4.90 Å². The molecular formula is C16H17NO3. The maximum atomic E-state index is 12.6. The first-order valence-corrected chi connectivity index (χ1v) is 6.87. The Kier molecular flexibility index (Phi) is 3.18. The summed E-state index contributed by atoms with van der Waals surface area (Å²) in [5.41, 5.74) is 0.612. The average Bonchev–Trinajstić information content (AvgIpc) is 2.73. The molecule has 1 aromatic carbocycles. The predicted molar refractivity (Wildman–Crippen MR) is 74.8 cm³/mol. The molecule has 1 fully saturated rings. The summed E-state index contributed by atoms with van der Waals surface area (Å²) in [6.07, 6.45) is 3.80. The number of nitrogens with zero attached hydrogens (tertiary/aromatic N) is 1. The molecular weight excluding hydrogens is 254 g/mol. The Labute approximate surface area is 117 Å². The molecule has 1 aliphatic carbocycles. The molecule has 1 saturated heterocycles. The van der Waals surface area contributed by atoms with Crippen molar-refractivity contribution in [2.45, 2.75) is 6.92 Å². The monoisotopic (exact) mass is 271 g/mol. The fourth-order valence-corrected chi connectivity index (χ4v) is 3.28. The van der Waals surface area contributed by atoms with E-state index in [0.29, 0.717) is 5.69 Å². The van der Waals surface area contributed by atoms with E-state index in [1.807, 2.05) is 37.3 Å². The standard InChI is InChI=1S/C16H17NO3/c1-10-7-8-11(9-18)14-13(10)15(19)17(16(14)20)12-5-3-2-4-6-12/h2-8,10-11,13-14,18H,9H2,1H3/t10-,11-,13-,14+/m1/s1. The number of benzene rings is 1. The van der Waals surface area contributed by atoms with E-state index in [1.54, 1.807) is 12.1 Å². The van der Waals surface area contributed by atoms with Crippen molar-refractivity contribution in [3.8, 4) is 0 Å². The molecule has 1 N–H and O–H groups in total. The fourth-order valence-electron chi connectivity index (χ4n) is 3.28. The van der Waals surface area contributed by atoms with Crippen LogP contribution in [0.3, 0.4) is 0 Å². The van der Waals surface area contributed by atoms with Crippen LogP contribution in [0, 0.1) is 23.7 Å². The molecule has 1 aromatic rings. The van der Waals surface area contributed by atoms with Crippen molar-refractivity contribution in [1.29, 1.82) is 0 Å². The zero-order valence-electron chi connectivity index (χ0n) is 11.3. The molecule has 2 amide bonds. The SMILES string of the molecule is C[C@@H]1C=C[C@H](CO)[C@@H]2C(=O)N(c3ccccc3)C(=O)[C@@H]21. The molecule has 4 atom stereocenters. The van der Waals surface area contributed by atoms with Crippen molar-refractivity contribution in [2.75, 3.05) is 11.5 Å². The summed E-state index contributed by atoms with van der Waals surface area (Å²) in [5, 5.41) is 9.45. The van der Waals surface area contributed by atoms with E-state index in [9.17, 15) is 14.7 Å². The summed E-state index contributed by atoms with van der Waals surface area (Å²) in [4.78, 5) is 26.5. The lowest BCUT2D eigenvalue weighted by atomic mass is 9.73. The van der Waals surface area contributed by atoms with Gasteiger partial charge >= 0.3 is 0 Å². The van der Waals surface area contributed by atoms with Gasteiger partial charge in [0, 0.05) is 5.92 Å². The molecule has 0 radical (unpaired) electrons. The zero-order chi connectivity index (χ0) is 14.3. The molecule has 1 heterocycles. The van der Waals surface area contributed by atoms with Gasteiger partial charge in [0.25, 0.3) is 0 Å². The first-order valence-electron chi connectivity index (χ1n) is 6.87. The fraction of sp³-hybridized carbons (Fsp3) is 0.375. The molecule has 0 spiro atoms. The number of hydrogen-bond donors (Lipinski definition) is 1. The van der Waals surface area contributed by atoms with E-state index in [2.05, 4.69) is 0 Å². The van der Waals surface area contributed by atoms with Crippen LogP contribution in [0.1, 0.15) is 6.92 Å². The number of anilines is 1. The van der Waals surface area contributed by atoms with Gasteiger partial charge in [0.15, 0.2) is 0 Å². The topological polar surface area (TPSA) is 57.6 Å². The van der Waals surface area contributed by atoms with E-state index in [1.165, 1.54) is 4.90 Å². The highest BCUT2D eigenvalue weighted by Crippen LogP contribution is 2.42. The van der Waals surface area contributed by atoms with Crippen molar-refractivity contribution in [3.05, 3.63) is 42.5 Å². The van der Waals surface area contributed by atoms with Crippen LogP contribution in [-0.4, -0.2) is 23.5 Å². The third kappa shape index (κ3) is 1.79. The van der Waals surface area contributed by atoms with Crippen LogP contribution >= 0.6 is 0 Å². The van der Waals surface area contributed by atoms with Crippen LogP contribution in [0.5, 0.6) is 0 Å². The molecule has 0 saturated carbocycles. The summed E-state index contributed by atoms with van der Waals surface area (Å²) in [6, 6.07) is 8.99. The smallest absolute Gasteiger partial charge is 0.238 e. The number of aliphatic hydroxyl groups is 1. The first kappa shape index (κ1) is 13.1. The zero-order valence-corrected chi connectivity index (χ0v) is 11.3. The number of rotatable bonds is 2. The second kappa shape index (κ2) is 4.87. The molecule has 4 nitrogen and oxygen atoms in total. The van der Waals surface area contributed by atoms with Gasteiger partial charge in [-0.15, -0.1) is 0 Å². The van der Waals surface area contributed by atoms with Gasteiger partial charge in [0.2, 0.25) is 11.8 Å². The third-order valence-corrected chi connectivity index (χ3v) is 4.31. The maximum absolute atomic E-state index is 12.6. The second-order valence-corrected chi connectivity index (χ2v) is 5.49. The molecule has 3 rings (SSSR count). The Morgan fingerprint density at radius 3 is 2.35 bits per heavy atom. The van der Waals surface area contributed by atoms with Crippen molar-refractivity contribution in [3.63, 3.8) is 0 Å². The molecule has 0 unspecified atom stereocenters. The summed E-state index contributed by atoms with van der Waals surface area (Å²) in [6.45, 7) is 1.84. The lowest BCUT2D eigenvalue weighted by molar-refractivity contribution is -0.123. The van der Waals surface area contributed by atoms with Gasteiger partial charge in [-0.05, 0) is 18.1 Å². The number of hydrogen-bond acceptors (Lipinski definition) is 3. The number of allylic oxidation sites excluding steroid dienone is 1. The first-order chi connectivity index (χ1) is 9.65. The van der Waals surface area contributed by atoms with Gasteiger partial charge in [-0.25, -0.2) is 0 Å². The molecule has 1 aliphatic heterocycles. The molecule has 0 bridgehead atoms. The van der Waals surface area contributed by atoms with E-state index in [4.69, 9.17) is 0 Å². The molecule has 20 heavy (non-hydrogen) atoms. The van der Waals surface area contributed by atoms with Crippen LogP contribution in [-0.2, 0) is 9.59 Å². The minimum Gasteiger partial charge on any atom is -0.396 e. The number of para-hydroxylation sites is 1. The Morgan fingerprint density at radius 1 is 1.05 bits per heavy atom. The molecule has 104 valence electrons. The van der Waals surface area contributed by atoms with Crippen LogP contribution in [0.15, 0.2) is 42.5 Å². The third-order valence-electron chi connectivity index (χ3n) is 4.31. The van der Waals surface area contributed by atoms with Crippen molar-refractivity contribution in [1.82, 2.24) is 0 Å². The number of carbonyl (C=O) groups excluding carboxylic acids is 2. The lowest BCUT2D eigenvalue weighted by Crippen LogP contribution is -2.34. The van der Waals surface area contributed by atoms with Crippen LogP contribution in [0.4, 0.5) is 5.69 Å². The Hall–Kier alpha value is -1.94. The highest BCUT2D eigenvalue weighted by molar-refractivity contribution is 6.22. The predicted octanol–water partition coefficient (Wildman–Crippen LogP) is 1.61. The van der Waals surface area contributed by atoms with Crippen LogP contribution in [0.2, 0.25) is 0 Å². The molecule has 4 heteroatoms. The summed E-state index contributed by atoms with van der Waals surface area (Å²) < 4.78 is 0. The number of fused-ring (bicyclic) bond motifs is 1. The van der Waals surface area contributed by atoms with Crippen molar-refractivity contribution < 1.29 is 14.7 Å². The molecule has 0 aromatic heterocycles. The summed E-state index contributed by atoms with van der Waals surface area (Å²) in [5.74, 6) is -1.38. The maximum Gasteiger partial charge on any atom is 0.238 e. The highest BCUT2D eigenvalue weighted by Gasteiger charge is 2.53. The minimum atomic E-state index is -0.437. The van der Waals surface area contributed by atoms with Crippen molar-refractivity contribution in [2.24, 2.45) is 23.7 Å². The number of imide groups is 1. The number of carbonyl (C=O) groups is 2. The van der Waals surface area contributed by atoms with Gasteiger partial charge in [0.1, 0.15) is 0 Å². The summed E-state index contributed by atoms with van der Waals surface area (Å²) in [7, 11) is 0. The van der Waals surface area contributed by atoms with Crippen molar-refractivity contribution >= 4 is 17.5 Å². The number of amides is 2. The van der Waals surface area contributed by atoms with E-state index < -0.39 is 5.92 Å². The Balaban J connectivity index is 2.02. The van der Waals surface area contributed by atoms with Gasteiger partial charge in [-0.2, -0.15) is 0 Å². The van der Waals surface area contributed by atoms with E-state index >= 15 is 0 Å². The van der Waals surface area contributed by atoms with Gasteiger partial charge in [0.05, 0.1) is 24.1 Å². The lowest BCUT2D eigenvalue weighted by Gasteiger charge is -2.28. The highest BCUT2D eigenvalue weighted by atomic mass is 16.3. The van der Waals surface area contributed by atoms with Gasteiger partial charge in [-0.1, -0.05) is 37.3 Å². The average molecular weight is 271 g/mol. The van der Waals surface area contributed by atoms with E-state index in [-0.39, 0.29) is 36.2 Å². The van der Waals surface area contributed by atoms with Crippen LogP contribution in [0.25, 0.3) is 0 Å². The Morgan fingerprint density at radius 2 is 1.70 bits per heavy atom. The molecule has 2 aliphatic rings. The largest absolute Gasteiger partial charge is 0.396 e. The normalized spacial score (nSPS) is 32.6. The quantitative estimate of drug-likeness (QED) is 0.656. The Bertz CT molecular complexity index is 566. The van der Waals surface area contributed by atoms with Gasteiger partial charge in [-0.3, -0.25) is 14.5 Å². The summed E-state index contributed by atoms with van der Waals surface area (Å²) >= 11 is 0. The van der Waals surface area contributed by atoms with E-state index in [0.717, 1.165) is 0 Å². The van der Waals surface area contributed by atoms with Gasteiger partial charge < -0.3 is 5.11 Å².